The van der Waals surface area contributed by atoms with Crippen LogP contribution in [0.1, 0.15) is 12.5 Å². The standard InChI is InChI=1S/C21H29N5O6/c1-15(27)25-6-7-26(21(30)24-8-10-32-11-9-24)18(14-25)19(28)23-17(20(29)31-2)12-16-4-3-5-22-13-16/h3-5,13,17-18H,6-12,14H2,1-2H3,(H,23,28)/t17-,18-/m1/s1. The van der Waals surface area contributed by atoms with Gasteiger partial charge in [-0.25, -0.2) is 9.59 Å². The third kappa shape index (κ3) is 5.72. The number of methoxy groups -OCH3 is 1. The fraction of sp³-hybridized carbons (Fsp3) is 0.571. The smallest absolute Gasteiger partial charge is 0.328 e. The number of hydrogen-bond donors (Lipinski definition) is 1. The molecule has 4 amide bonds. The molecule has 2 saturated heterocycles. The molecule has 0 aromatic carbocycles. The normalized spacial score (nSPS) is 19.8. The van der Waals surface area contributed by atoms with Gasteiger partial charge in [-0.05, 0) is 11.6 Å². The van der Waals surface area contributed by atoms with E-state index < -0.39 is 24.0 Å². The first-order valence-corrected chi connectivity index (χ1v) is 10.6. The Hall–Kier alpha value is -3.21. The van der Waals surface area contributed by atoms with Crippen molar-refractivity contribution in [3.05, 3.63) is 30.1 Å². The van der Waals surface area contributed by atoms with Gasteiger partial charge in [-0.1, -0.05) is 6.07 Å². The predicted octanol–water partition coefficient (Wildman–Crippen LogP) is -0.733. The molecule has 0 unspecified atom stereocenters. The first kappa shape index (κ1) is 23.5. The summed E-state index contributed by atoms with van der Waals surface area (Å²) in [6, 6.07) is 1.37. The van der Waals surface area contributed by atoms with Gasteiger partial charge in [0.15, 0.2) is 0 Å². The monoisotopic (exact) mass is 447 g/mol. The summed E-state index contributed by atoms with van der Waals surface area (Å²) in [6.07, 6.45) is 3.41. The molecular weight excluding hydrogens is 418 g/mol. The van der Waals surface area contributed by atoms with Crippen molar-refractivity contribution in [1.29, 1.82) is 0 Å². The van der Waals surface area contributed by atoms with E-state index in [0.717, 1.165) is 5.56 Å². The number of hydrogen-bond acceptors (Lipinski definition) is 7. The van der Waals surface area contributed by atoms with E-state index in [4.69, 9.17) is 9.47 Å². The number of amides is 4. The molecule has 2 fully saturated rings. The fourth-order valence-electron chi connectivity index (χ4n) is 3.82. The van der Waals surface area contributed by atoms with Crippen molar-refractivity contribution in [1.82, 2.24) is 25.0 Å². The van der Waals surface area contributed by atoms with Gasteiger partial charge in [-0.15, -0.1) is 0 Å². The fourth-order valence-corrected chi connectivity index (χ4v) is 3.82. The number of nitrogens with zero attached hydrogens (tertiary/aromatic N) is 4. The zero-order valence-corrected chi connectivity index (χ0v) is 18.4. The third-order valence-corrected chi connectivity index (χ3v) is 5.62. The minimum Gasteiger partial charge on any atom is -0.467 e. The molecule has 11 heteroatoms. The van der Waals surface area contributed by atoms with E-state index in [2.05, 4.69) is 10.3 Å². The zero-order valence-electron chi connectivity index (χ0n) is 18.4. The maximum Gasteiger partial charge on any atom is 0.328 e. The Morgan fingerprint density at radius 3 is 2.56 bits per heavy atom. The minimum absolute atomic E-state index is 0.0536. The van der Waals surface area contributed by atoms with Crippen LogP contribution in [0.2, 0.25) is 0 Å². The van der Waals surface area contributed by atoms with Crippen molar-refractivity contribution >= 4 is 23.8 Å². The van der Waals surface area contributed by atoms with Crippen molar-refractivity contribution in [3.8, 4) is 0 Å². The Bertz CT molecular complexity index is 829. The van der Waals surface area contributed by atoms with Crippen LogP contribution < -0.4 is 5.32 Å². The number of aromatic nitrogens is 1. The lowest BCUT2D eigenvalue weighted by Crippen LogP contribution is -2.65. The average Bonchev–Trinajstić information content (AvgIpc) is 2.83. The molecule has 1 aromatic rings. The summed E-state index contributed by atoms with van der Waals surface area (Å²) < 4.78 is 10.2. The van der Waals surface area contributed by atoms with Crippen molar-refractivity contribution in [2.45, 2.75) is 25.4 Å². The highest BCUT2D eigenvalue weighted by Crippen LogP contribution is 2.15. The lowest BCUT2D eigenvalue weighted by molar-refractivity contribution is -0.146. The number of carbonyl (C=O) groups is 4. The zero-order chi connectivity index (χ0) is 23.1. The SMILES string of the molecule is COC(=O)[C@@H](Cc1cccnc1)NC(=O)[C@H]1CN(C(C)=O)CCN1C(=O)N1CCOCC1. The van der Waals surface area contributed by atoms with Crippen LogP contribution in [0.15, 0.2) is 24.5 Å². The van der Waals surface area contributed by atoms with Gasteiger partial charge in [0.1, 0.15) is 12.1 Å². The molecule has 0 spiro atoms. The van der Waals surface area contributed by atoms with Gasteiger partial charge in [0, 0.05) is 51.9 Å². The lowest BCUT2D eigenvalue weighted by atomic mass is 10.1. The van der Waals surface area contributed by atoms with Crippen LogP contribution in [0, 0.1) is 0 Å². The van der Waals surface area contributed by atoms with Gasteiger partial charge < -0.3 is 29.5 Å². The summed E-state index contributed by atoms with van der Waals surface area (Å²) in [5, 5.41) is 2.72. The quantitative estimate of drug-likeness (QED) is 0.591. The van der Waals surface area contributed by atoms with E-state index in [-0.39, 0.29) is 31.4 Å². The Labute approximate surface area is 186 Å². The first-order chi connectivity index (χ1) is 15.4. The van der Waals surface area contributed by atoms with Gasteiger partial charge >= 0.3 is 12.0 Å². The molecule has 174 valence electrons. The van der Waals surface area contributed by atoms with Crippen LogP contribution in [0.25, 0.3) is 0 Å². The van der Waals surface area contributed by atoms with Crippen LogP contribution in [0.4, 0.5) is 4.79 Å². The summed E-state index contributed by atoms with van der Waals surface area (Å²) in [4.78, 5) is 59.4. The molecule has 32 heavy (non-hydrogen) atoms. The van der Waals surface area contributed by atoms with Gasteiger partial charge in [-0.2, -0.15) is 0 Å². The molecule has 2 atom stereocenters. The molecular formula is C21H29N5O6. The van der Waals surface area contributed by atoms with Gasteiger partial charge in [0.25, 0.3) is 0 Å². The molecule has 3 rings (SSSR count). The van der Waals surface area contributed by atoms with Crippen molar-refractivity contribution in [3.63, 3.8) is 0 Å². The number of ether oxygens (including phenoxy) is 2. The van der Waals surface area contributed by atoms with Gasteiger partial charge in [0.05, 0.1) is 26.9 Å². The van der Waals surface area contributed by atoms with Crippen LogP contribution in [-0.2, 0) is 30.3 Å². The van der Waals surface area contributed by atoms with E-state index in [9.17, 15) is 19.2 Å². The maximum absolute atomic E-state index is 13.3. The highest BCUT2D eigenvalue weighted by molar-refractivity contribution is 5.91. The van der Waals surface area contributed by atoms with Crippen molar-refractivity contribution in [2.75, 3.05) is 53.0 Å². The molecule has 1 aromatic heterocycles. The van der Waals surface area contributed by atoms with E-state index in [1.807, 2.05) is 0 Å². The molecule has 11 nitrogen and oxygen atoms in total. The number of urea groups is 1. The maximum atomic E-state index is 13.3. The molecule has 0 radical (unpaired) electrons. The number of pyridine rings is 1. The molecule has 1 N–H and O–H groups in total. The highest BCUT2D eigenvalue weighted by Gasteiger charge is 2.39. The van der Waals surface area contributed by atoms with Gasteiger partial charge in [0.2, 0.25) is 11.8 Å². The van der Waals surface area contributed by atoms with E-state index in [1.54, 1.807) is 29.4 Å². The van der Waals surface area contributed by atoms with E-state index in [1.165, 1.54) is 23.8 Å². The third-order valence-electron chi connectivity index (χ3n) is 5.62. The average molecular weight is 447 g/mol. The topological polar surface area (TPSA) is 121 Å². The number of morpholine rings is 1. The summed E-state index contributed by atoms with van der Waals surface area (Å²) in [5.41, 5.74) is 0.749. The highest BCUT2D eigenvalue weighted by atomic mass is 16.5. The Kier molecular flexibility index (Phi) is 7.98. The van der Waals surface area contributed by atoms with Gasteiger partial charge in [-0.3, -0.25) is 14.6 Å². The second-order valence-electron chi connectivity index (χ2n) is 7.71. The van der Waals surface area contributed by atoms with Crippen LogP contribution in [0.3, 0.4) is 0 Å². The Balaban J connectivity index is 1.77. The second kappa shape index (κ2) is 10.9. The second-order valence-corrected chi connectivity index (χ2v) is 7.71. The summed E-state index contributed by atoms with van der Waals surface area (Å²) in [6.45, 7) is 3.78. The van der Waals surface area contributed by atoms with Crippen LogP contribution >= 0.6 is 0 Å². The van der Waals surface area contributed by atoms with Crippen molar-refractivity contribution in [2.24, 2.45) is 0 Å². The number of piperazine rings is 1. The number of rotatable bonds is 5. The largest absolute Gasteiger partial charge is 0.467 e. The first-order valence-electron chi connectivity index (χ1n) is 10.6. The molecule has 0 aliphatic carbocycles. The molecule has 2 aliphatic heterocycles. The lowest BCUT2D eigenvalue weighted by Gasteiger charge is -2.43. The summed E-state index contributed by atoms with van der Waals surface area (Å²) in [7, 11) is 1.25. The molecule has 0 bridgehead atoms. The Morgan fingerprint density at radius 2 is 1.94 bits per heavy atom. The Morgan fingerprint density at radius 1 is 1.19 bits per heavy atom. The van der Waals surface area contributed by atoms with Crippen LogP contribution in [0.5, 0.6) is 0 Å². The number of carbonyl (C=O) groups excluding carboxylic acids is 4. The molecule has 0 saturated carbocycles. The molecule has 2 aliphatic rings. The van der Waals surface area contributed by atoms with Crippen molar-refractivity contribution < 1.29 is 28.7 Å². The number of nitrogens with one attached hydrogen (secondary N) is 1. The van der Waals surface area contributed by atoms with Crippen LogP contribution in [-0.4, -0.2) is 109 Å². The molecule has 3 heterocycles. The number of esters is 1. The minimum atomic E-state index is -0.954. The van der Waals surface area contributed by atoms with E-state index >= 15 is 0 Å². The summed E-state index contributed by atoms with van der Waals surface area (Å²) in [5.74, 6) is -1.30. The predicted molar refractivity (Wildman–Crippen MR) is 112 cm³/mol. The summed E-state index contributed by atoms with van der Waals surface area (Å²) >= 11 is 0. The van der Waals surface area contributed by atoms with E-state index in [0.29, 0.717) is 32.8 Å².